The van der Waals surface area contributed by atoms with E-state index in [-0.39, 0.29) is 0 Å². The molecule has 0 atom stereocenters. The van der Waals surface area contributed by atoms with E-state index in [0.717, 1.165) is 11.3 Å². The predicted molar refractivity (Wildman–Crippen MR) is 68.7 cm³/mol. The molecule has 0 heterocycles. The molecule has 3 heteroatoms. The van der Waals surface area contributed by atoms with Gasteiger partial charge in [-0.1, -0.05) is 24.8 Å². The molecule has 0 saturated heterocycles. The van der Waals surface area contributed by atoms with Crippen LogP contribution < -0.4 is 4.90 Å². The molecule has 0 N–H and O–H groups in total. The fourth-order valence-electron chi connectivity index (χ4n) is 1.44. The molecule has 0 aromatic heterocycles. The summed E-state index contributed by atoms with van der Waals surface area (Å²) in [5.74, 6) is 0.454. The molecule has 1 rings (SSSR count). The summed E-state index contributed by atoms with van der Waals surface area (Å²) in [6, 6.07) is 12.2. The number of anilines is 1. The van der Waals surface area contributed by atoms with E-state index in [9.17, 15) is 0 Å². The van der Waals surface area contributed by atoms with Crippen molar-refractivity contribution in [3.8, 4) is 6.07 Å². The van der Waals surface area contributed by atoms with Crippen LogP contribution in [0.3, 0.4) is 0 Å². The van der Waals surface area contributed by atoms with Crippen molar-refractivity contribution in [2.24, 2.45) is 0 Å². The highest BCUT2D eigenvalue weighted by atomic mass is 35.5. The number of benzene rings is 1. The molecule has 0 fully saturated rings. The lowest BCUT2D eigenvalue weighted by atomic mass is 10.2. The Balaban J connectivity index is 2.71. The average molecular weight is 235 g/mol. The van der Waals surface area contributed by atoms with Crippen LogP contribution in [-0.2, 0) is 0 Å². The smallest absolute Gasteiger partial charge is 0.0640 e. The highest BCUT2D eigenvalue weighted by molar-refractivity contribution is 6.19. The summed E-state index contributed by atoms with van der Waals surface area (Å²) in [6.45, 7) is 5.30. The minimum Gasteiger partial charge on any atom is -0.366 e. The first kappa shape index (κ1) is 12.6. The zero-order valence-corrected chi connectivity index (χ0v) is 9.95. The van der Waals surface area contributed by atoms with Gasteiger partial charge in [0.15, 0.2) is 0 Å². The normalized spacial score (nSPS) is 9.50. The van der Waals surface area contributed by atoms with Crippen LogP contribution in [0, 0.1) is 11.3 Å². The van der Waals surface area contributed by atoms with E-state index in [1.165, 1.54) is 0 Å². The van der Waals surface area contributed by atoms with Gasteiger partial charge in [-0.25, -0.2) is 0 Å². The Bertz CT molecular complexity index is 367. The van der Waals surface area contributed by atoms with E-state index >= 15 is 0 Å². The predicted octanol–water partition coefficient (Wildman–Crippen LogP) is 3.20. The van der Waals surface area contributed by atoms with Gasteiger partial charge in [0.2, 0.25) is 0 Å². The third kappa shape index (κ3) is 3.96. The molecule has 1 aromatic rings. The number of nitriles is 1. The Labute approximate surface area is 102 Å². The summed E-state index contributed by atoms with van der Waals surface area (Å²) in [6.07, 6.45) is 0.504. The second kappa shape index (κ2) is 6.92. The Hall–Kier alpha value is -1.46. The SMILES string of the molecule is C=C(CCl)CN(CCC#N)c1ccccc1. The van der Waals surface area contributed by atoms with E-state index in [0.29, 0.717) is 25.4 Å². The highest BCUT2D eigenvalue weighted by Gasteiger charge is 2.06. The van der Waals surface area contributed by atoms with Gasteiger partial charge in [-0.05, 0) is 17.7 Å². The maximum absolute atomic E-state index is 8.63. The summed E-state index contributed by atoms with van der Waals surface area (Å²) in [5.41, 5.74) is 2.06. The number of rotatable bonds is 6. The molecule has 84 valence electrons. The van der Waals surface area contributed by atoms with Gasteiger partial charge in [-0.3, -0.25) is 0 Å². The molecule has 0 bridgehead atoms. The number of alkyl halides is 1. The number of para-hydroxylation sites is 1. The van der Waals surface area contributed by atoms with Gasteiger partial charge in [0.05, 0.1) is 12.5 Å². The lowest BCUT2D eigenvalue weighted by molar-refractivity contribution is 0.840. The minimum atomic E-state index is 0.454. The van der Waals surface area contributed by atoms with Crippen LogP contribution in [0.25, 0.3) is 0 Å². The molecule has 16 heavy (non-hydrogen) atoms. The first-order valence-electron chi connectivity index (χ1n) is 5.17. The fraction of sp³-hybridized carbons (Fsp3) is 0.308. The molecular formula is C13H15ClN2. The number of halogens is 1. The van der Waals surface area contributed by atoms with Gasteiger partial charge in [0, 0.05) is 24.7 Å². The molecule has 0 aliphatic carbocycles. The largest absolute Gasteiger partial charge is 0.366 e. The van der Waals surface area contributed by atoms with Gasteiger partial charge in [-0.2, -0.15) is 5.26 Å². The van der Waals surface area contributed by atoms with Crippen LogP contribution in [0.1, 0.15) is 6.42 Å². The van der Waals surface area contributed by atoms with Crippen molar-refractivity contribution >= 4 is 17.3 Å². The van der Waals surface area contributed by atoms with Gasteiger partial charge in [0.25, 0.3) is 0 Å². The Morgan fingerprint density at radius 1 is 1.38 bits per heavy atom. The third-order valence-corrected chi connectivity index (χ3v) is 2.60. The van der Waals surface area contributed by atoms with Crippen molar-refractivity contribution in [1.29, 1.82) is 5.26 Å². The monoisotopic (exact) mass is 234 g/mol. The van der Waals surface area contributed by atoms with Gasteiger partial charge in [0.1, 0.15) is 0 Å². The molecule has 0 unspecified atom stereocenters. The summed E-state index contributed by atoms with van der Waals surface area (Å²) in [5, 5.41) is 8.63. The molecule has 0 saturated carbocycles. The van der Waals surface area contributed by atoms with Gasteiger partial charge < -0.3 is 4.90 Å². The molecule has 1 aromatic carbocycles. The van der Waals surface area contributed by atoms with Gasteiger partial charge in [-0.15, -0.1) is 11.6 Å². The van der Waals surface area contributed by atoms with Gasteiger partial charge >= 0.3 is 0 Å². The first-order chi connectivity index (χ1) is 7.77. The average Bonchev–Trinajstić information content (AvgIpc) is 2.35. The number of hydrogen-bond acceptors (Lipinski definition) is 2. The summed E-state index contributed by atoms with van der Waals surface area (Å²) in [7, 11) is 0. The molecule has 0 amide bonds. The first-order valence-corrected chi connectivity index (χ1v) is 5.71. The van der Waals surface area contributed by atoms with Crippen molar-refractivity contribution in [1.82, 2.24) is 0 Å². The number of hydrogen-bond donors (Lipinski definition) is 0. The molecule has 0 radical (unpaired) electrons. The lowest BCUT2D eigenvalue weighted by Crippen LogP contribution is -2.26. The quantitative estimate of drug-likeness (QED) is 0.558. The van der Waals surface area contributed by atoms with Crippen molar-refractivity contribution in [3.05, 3.63) is 42.5 Å². The Kier molecular flexibility index (Phi) is 5.45. The Morgan fingerprint density at radius 3 is 2.62 bits per heavy atom. The Morgan fingerprint density at radius 2 is 2.06 bits per heavy atom. The van der Waals surface area contributed by atoms with Crippen LogP contribution in [-0.4, -0.2) is 19.0 Å². The summed E-state index contributed by atoms with van der Waals surface area (Å²) < 4.78 is 0. The van der Waals surface area contributed by atoms with Crippen molar-refractivity contribution in [2.75, 3.05) is 23.9 Å². The topological polar surface area (TPSA) is 27.0 Å². The third-order valence-electron chi connectivity index (χ3n) is 2.22. The van der Waals surface area contributed by atoms with E-state index < -0.39 is 0 Å². The lowest BCUT2D eigenvalue weighted by Gasteiger charge is -2.24. The standard InChI is InChI=1S/C13H15ClN2/c1-12(10-14)11-16(9-5-8-15)13-6-3-2-4-7-13/h2-4,6-7H,1,5,9-11H2. The molecular weight excluding hydrogens is 220 g/mol. The van der Waals surface area contributed by atoms with Crippen LogP contribution >= 0.6 is 11.6 Å². The zero-order valence-electron chi connectivity index (χ0n) is 9.19. The van der Waals surface area contributed by atoms with E-state index in [1.807, 2.05) is 30.3 Å². The molecule has 0 aliphatic rings. The van der Waals surface area contributed by atoms with Crippen LogP contribution in [0.2, 0.25) is 0 Å². The van der Waals surface area contributed by atoms with Crippen molar-refractivity contribution in [3.63, 3.8) is 0 Å². The van der Waals surface area contributed by atoms with Crippen LogP contribution in [0.15, 0.2) is 42.5 Å². The highest BCUT2D eigenvalue weighted by Crippen LogP contribution is 2.15. The van der Waals surface area contributed by atoms with Crippen molar-refractivity contribution in [2.45, 2.75) is 6.42 Å². The van der Waals surface area contributed by atoms with E-state index in [1.54, 1.807) is 0 Å². The minimum absolute atomic E-state index is 0.454. The second-order valence-corrected chi connectivity index (χ2v) is 3.82. The fourth-order valence-corrected chi connectivity index (χ4v) is 1.52. The molecule has 0 aliphatic heterocycles. The molecule has 2 nitrogen and oxygen atoms in total. The zero-order chi connectivity index (χ0) is 11.8. The van der Waals surface area contributed by atoms with Crippen LogP contribution in [0.5, 0.6) is 0 Å². The van der Waals surface area contributed by atoms with Crippen molar-refractivity contribution < 1.29 is 0 Å². The van der Waals surface area contributed by atoms with E-state index in [2.05, 4.69) is 17.5 Å². The second-order valence-electron chi connectivity index (χ2n) is 3.55. The molecule has 0 spiro atoms. The summed E-state index contributed by atoms with van der Waals surface area (Å²) in [4.78, 5) is 2.12. The number of nitrogens with zero attached hydrogens (tertiary/aromatic N) is 2. The van der Waals surface area contributed by atoms with E-state index in [4.69, 9.17) is 16.9 Å². The van der Waals surface area contributed by atoms with Crippen LogP contribution in [0.4, 0.5) is 5.69 Å². The summed E-state index contributed by atoms with van der Waals surface area (Å²) >= 11 is 5.73. The maximum Gasteiger partial charge on any atom is 0.0640 e. The maximum atomic E-state index is 8.63.